The molecule has 1 aliphatic rings. The highest BCUT2D eigenvalue weighted by atomic mass is 16.2. The molecule has 0 spiro atoms. The molecule has 0 aliphatic heterocycles. The standard InChI is InChI=1S/C16H20N4O/c21-16(17-8-13-6-7-13)18-9-15-10-19-20(12-15)11-14-4-2-1-3-5-14/h1-5,10,12-13H,6-9,11H2,(H2,17,18,21). The third-order valence-corrected chi connectivity index (χ3v) is 3.58. The van der Waals surface area contributed by atoms with Crippen molar-refractivity contribution in [3.8, 4) is 0 Å². The van der Waals surface area contributed by atoms with Crippen molar-refractivity contribution in [3.05, 3.63) is 53.9 Å². The highest BCUT2D eigenvalue weighted by Gasteiger charge is 2.21. The van der Waals surface area contributed by atoms with Gasteiger partial charge in [0, 0.05) is 24.8 Å². The SMILES string of the molecule is O=C(NCc1cnn(Cc2ccccc2)c1)NCC1CC1. The Labute approximate surface area is 124 Å². The minimum absolute atomic E-state index is 0.0993. The van der Waals surface area contributed by atoms with E-state index in [4.69, 9.17) is 0 Å². The topological polar surface area (TPSA) is 59.0 Å². The molecule has 1 saturated carbocycles. The molecule has 0 radical (unpaired) electrons. The number of hydrogen-bond donors (Lipinski definition) is 2. The third kappa shape index (κ3) is 4.34. The van der Waals surface area contributed by atoms with Crippen LogP contribution >= 0.6 is 0 Å². The molecule has 0 saturated heterocycles. The van der Waals surface area contributed by atoms with Crippen LogP contribution in [0.15, 0.2) is 42.7 Å². The van der Waals surface area contributed by atoms with Crippen molar-refractivity contribution in [2.24, 2.45) is 5.92 Å². The van der Waals surface area contributed by atoms with E-state index >= 15 is 0 Å². The maximum atomic E-state index is 11.6. The lowest BCUT2D eigenvalue weighted by molar-refractivity contribution is 0.240. The fourth-order valence-electron chi connectivity index (χ4n) is 2.16. The van der Waals surface area contributed by atoms with E-state index in [1.807, 2.05) is 29.1 Å². The first-order valence-electron chi connectivity index (χ1n) is 7.36. The Morgan fingerprint density at radius 1 is 1.19 bits per heavy atom. The van der Waals surface area contributed by atoms with Gasteiger partial charge in [-0.2, -0.15) is 5.10 Å². The molecule has 5 nitrogen and oxygen atoms in total. The Morgan fingerprint density at radius 3 is 2.76 bits per heavy atom. The quantitative estimate of drug-likeness (QED) is 0.854. The summed E-state index contributed by atoms with van der Waals surface area (Å²) >= 11 is 0. The van der Waals surface area contributed by atoms with Crippen LogP contribution in [0.4, 0.5) is 4.79 Å². The zero-order valence-corrected chi connectivity index (χ0v) is 12.0. The maximum Gasteiger partial charge on any atom is 0.315 e. The predicted molar refractivity (Wildman–Crippen MR) is 80.7 cm³/mol. The van der Waals surface area contributed by atoms with Crippen LogP contribution in [0.3, 0.4) is 0 Å². The minimum Gasteiger partial charge on any atom is -0.338 e. The second kappa shape index (κ2) is 6.43. The summed E-state index contributed by atoms with van der Waals surface area (Å²) in [6.45, 7) is 2.04. The lowest BCUT2D eigenvalue weighted by atomic mass is 10.2. The number of carbonyl (C=O) groups excluding carboxylic acids is 1. The van der Waals surface area contributed by atoms with Gasteiger partial charge in [0.25, 0.3) is 0 Å². The summed E-state index contributed by atoms with van der Waals surface area (Å²) in [6.07, 6.45) is 6.25. The Kier molecular flexibility index (Phi) is 4.19. The van der Waals surface area contributed by atoms with Crippen molar-refractivity contribution in [3.63, 3.8) is 0 Å². The van der Waals surface area contributed by atoms with Gasteiger partial charge < -0.3 is 10.6 Å². The first kappa shape index (κ1) is 13.7. The number of urea groups is 1. The van der Waals surface area contributed by atoms with E-state index in [0.29, 0.717) is 12.5 Å². The highest BCUT2D eigenvalue weighted by Crippen LogP contribution is 2.27. The molecule has 21 heavy (non-hydrogen) atoms. The van der Waals surface area contributed by atoms with Gasteiger partial charge in [0.05, 0.1) is 12.7 Å². The Balaban J connectivity index is 1.45. The van der Waals surface area contributed by atoms with Crippen LogP contribution < -0.4 is 10.6 Å². The van der Waals surface area contributed by atoms with Gasteiger partial charge in [-0.05, 0) is 24.3 Å². The van der Waals surface area contributed by atoms with Gasteiger partial charge >= 0.3 is 6.03 Å². The Hall–Kier alpha value is -2.30. The molecule has 2 aromatic rings. The van der Waals surface area contributed by atoms with Crippen molar-refractivity contribution < 1.29 is 4.79 Å². The van der Waals surface area contributed by atoms with Crippen molar-refractivity contribution in [2.75, 3.05) is 6.54 Å². The van der Waals surface area contributed by atoms with E-state index in [1.54, 1.807) is 6.20 Å². The molecule has 1 aromatic carbocycles. The monoisotopic (exact) mass is 284 g/mol. The van der Waals surface area contributed by atoms with Crippen molar-refractivity contribution >= 4 is 6.03 Å². The lowest BCUT2D eigenvalue weighted by Crippen LogP contribution is -2.36. The molecule has 0 atom stereocenters. The highest BCUT2D eigenvalue weighted by molar-refractivity contribution is 5.73. The second-order valence-corrected chi connectivity index (χ2v) is 5.54. The largest absolute Gasteiger partial charge is 0.338 e. The molecule has 1 fully saturated rings. The number of nitrogens with zero attached hydrogens (tertiary/aromatic N) is 2. The van der Waals surface area contributed by atoms with Crippen LogP contribution in [0.5, 0.6) is 0 Å². The lowest BCUT2D eigenvalue weighted by Gasteiger charge is -2.05. The molecule has 3 rings (SSSR count). The second-order valence-electron chi connectivity index (χ2n) is 5.54. The minimum atomic E-state index is -0.0993. The van der Waals surface area contributed by atoms with E-state index < -0.39 is 0 Å². The fraction of sp³-hybridized carbons (Fsp3) is 0.375. The van der Waals surface area contributed by atoms with Gasteiger partial charge in [-0.1, -0.05) is 30.3 Å². The Morgan fingerprint density at radius 2 is 2.00 bits per heavy atom. The number of benzene rings is 1. The number of carbonyl (C=O) groups is 1. The Bertz CT molecular complexity index is 589. The van der Waals surface area contributed by atoms with E-state index in [2.05, 4.69) is 27.9 Å². The van der Waals surface area contributed by atoms with Crippen LogP contribution in [-0.4, -0.2) is 22.4 Å². The smallest absolute Gasteiger partial charge is 0.315 e. The summed E-state index contributed by atoms with van der Waals surface area (Å²) in [6, 6.07) is 10.1. The van der Waals surface area contributed by atoms with E-state index in [9.17, 15) is 4.79 Å². The number of hydrogen-bond acceptors (Lipinski definition) is 2. The number of nitrogens with one attached hydrogen (secondary N) is 2. The summed E-state index contributed by atoms with van der Waals surface area (Å²) in [7, 11) is 0. The van der Waals surface area contributed by atoms with E-state index in [1.165, 1.54) is 18.4 Å². The summed E-state index contributed by atoms with van der Waals surface area (Å²) in [5.74, 6) is 0.698. The molecule has 1 aromatic heterocycles. The molecule has 2 N–H and O–H groups in total. The van der Waals surface area contributed by atoms with Crippen molar-refractivity contribution in [1.82, 2.24) is 20.4 Å². The molecule has 5 heteroatoms. The van der Waals surface area contributed by atoms with Gasteiger partial charge in [0.1, 0.15) is 0 Å². The first-order valence-corrected chi connectivity index (χ1v) is 7.36. The van der Waals surface area contributed by atoms with Gasteiger partial charge in [0.15, 0.2) is 0 Å². The molecule has 2 amide bonds. The molecule has 1 heterocycles. The molecule has 0 bridgehead atoms. The van der Waals surface area contributed by atoms with Crippen molar-refractivity contribution in [2.45, 2.75) is 25.9 Å². The maximum absolute atomic E-state index is 11.6. The summed E-state index contributed by atoms with van der Waals surface area (Å²) < 4.78 is 1.88. The zero-order valence-electron chi connectivity index (χ0n) is 12.0. The molecular formula is C16H20N4O. The molecule has 1 aliphatic carbocycles. The summed E-state index contributed by atoms with van der Waals surface area (Å²) in [5.41, 5.74) is 2.22. The van der Waals surface area contributed by atoms with E-state index in [-0.39, 0.29) is 6.03 Å². The molecule has 0 unspecified atom stereocenters. The van der Waals surface area contributed by atoms with Crippen LogP contribution in [0.1, 0.15) is 24.0 Å². The van der Waals surface area contributed by atoms with Gasteiger partial charge in [-0.3, -0.25) is 4.68 Å². The van der Waals surface area contributed by atoms with E-state index in [0.717, 1.165) is 18.7 Å². The average molecular weight is 284 g/mol. The number of aromatic nitrogens is 2. The van der Waals surface area contributed by atoms with Gasteiger partial charge in [-0.25, -0.2) is 4.79 Å². The van der Waals surface area contributed by atoms with Crippen LogP contribution in [0, 0.1) is 5.92 Å². The average Bonchev–Trinajstić information content (AvgIpc) is 3.23. The van der Waals surface area contributed by atoms with Crippen LogP contribution in [0.25, 0.3) is 0 Å². The summed E-state index contributed by atoms with van der Waals surface area (Å²) in [4.78, 5) is 11.6. The number of rotatable bonds is 6. The van der Waals surface area contributed by atoms with Gasteiger partial charge in [0.2, 0.25) is 0 Å². The predicted octanol–water partition coefficient (Wildman–Crippen LogP) is 2.14. The normalized spacial score (nSPS) is 13.9. The molecular weight excluding hydrogens is 264 g/mol. The third-order valence-electron chi connectivity index (χ3n) is 3.58. The zero-order chi connectivity index (χ0) is 14.5. The molecule has 110 valence electrons. The summed E-state index contributed by atoms with van der Waals surface area (Å²) in [5, 5.41) is 10.1. The van der Waals surface area contributed by atoms with Crippen LogP contribution in [-0.2, 0) is 13.1 Å². The first-order chi connectivity index (χ1) is 10.3. The van der Waals surface area contributed by atoms with Gasteiger partial charge in [-0.15, -0.1) is 0 Å². The number of amides is 2. The fourth-order valence-corrected chi connectivity index (χ4v) is 2.16. The van der Waals surface area contributed by atoms with Crippen molar-refractivity contribution in [1.29, 1.82) is 0 Å². The van der Waals surface area contributed by atoms with Crippen LogP contribution in [0.2, 0.25) is 0 Å².